The summed E-state index contributed by atoms with van der Waals surface area (Å²) in [5.74, 6) is -1.27. The fourth-order valence-corrected chi connectivity index (χ4v) is 1.38. The van der Waals surface area contributed by atoms with Crippen LogP contribution in [-0.4, -0.2) is 26.4 Å². The summed E-state index contributed by atoms with van der Waals surface area (Å²) in [6.45, 7) is -0.575. The van der Waals surface area contributed by atoms with Gasteiger partial charge in [0.15, 0.2) is 0 Å². The van der Waals surface area contributed by atoms with Crippen molar-refractivity contribution in [3.8, 4) is 5.75 Å². The minimum absolute atomic E-state index is 0.382. The van der Waals surface area contributed by atoms with Crippen LogP contribution in [0, 0.1) is 5.92 Å². The lowest BCUT2D eigenvalue weighted by atomic mass is 10.1. The van der Waals surface area contributed by atoms with Gasteiger partial charge in [-0.2, -0.15) is 13.2 Å². The van der Waals surface area contributed by atoms with Crippen molar-refractivity contribution in [3.05, 3.63) is 29.8 Å². The van der Waals surface area contributed by atoms with E-state index in [4.69, 9.17) is 15.2 Å². The van der Waals surface area contributed by atoms with Crippen molar-refractivity contribution in [1.82, 2.24) is 0 Å². The number of hydrogen-bond acceptors (Lipinski definition) is 3. The lowest BCUT2D eigenvalue weighted by Crippen LogP contribution is -2.35. The van der Waals surface area contributed by atoms with Gasteiger partial charge in [0.2, 0.25) is 0 Å². The molecule has 0 aromatic heterocycles. The molecule has 0 spiro atoms. The molecular weight excluding hydrogens is 247 g/mol. The van der Waals surface area contributed by atoms with Crippen LogP contribution in [0.2, 0.25) is 0 Å². The van der Waals surface area contributed by atoms with Crippen molar-refractivity contribution in [1.29, 1.82) is 0 Å². The number of halogens is 3. The second-order valence-electron chi connectivity index (χ2n) is 3.87. The lowest BCUT2D eigenvalue weighted by molar-refractivity contribution is -0.178. The Bertz CT molecular complexity index is 369. The predicted octanol–water partition coefficient (Wildman–Crippen LogP) is 2.35. The first-order valence-electron chi connectivity index (χ1n) is 5.45. The predicted molar refractivity (Wildman–Crippen MR) is 61.2 cm³/mol. The van der Waals surface area contributed by atoms with Crippen molar-refractivity contribution in [2.45, 2.75) is 12.8 Å². The van der Waals surface area contributed by atoms with Crippen LogP contribution in [0.5, 0.6) is 5.75 Å². The van der Waals surface area contributed by atoms with E-state index >= 15 is 0 Å². The molecule has 0 aliphatic heterocycles. The Labute approximate surface area is 104 Å². The Hall–Kier alpha value is -1.27. The summed E-state index contributed by atoms with van der Waals surface area (Å²) in [5, 5.41) is 0. The number of benzene rings is 1. The molecule has 1 unspecified atom stereocenters. The van der Waals surface area contributed by atoms with E-state index in [1.165, 1.54) is 0 Å². The molecule has 102 valence electrons. The van der Waals surface area contributed by atoms with Crippen LogP contribution in [-0.2, 0) is 11.3 Å². The van der Waals surface area contributed by atoms with E-state index in [0.29, 0.717) is 12.4 Å². The van der Waals surface area contributed by atoms with E-state index in [9.17, 15) is 13.2 Å². The van der Waals surface area contributed by atoms with E-state index in [1.54, 1.807) is 31.4 Å². The second-order valence-corrected chi connectivity index (χ2v) is 3.87. The van der Waals surface area contributed by atoms with Crippen LogP contribution in [0.4, 0.5) is 13.2 Å². The van der Waals surface area contributed by atoms with Crippen LogP contribution in [0.15, 0.2) is 24.3 Å². The highest BCUT2D eigenvalue weighted by Gasteiger charge is 2.39. The molecule has 0 radical (unpaired) electrons. The van der Waals surface area contributed by atoms with Crippen LogP contribution < -0.4 is 10.5 Å². The first-order valence-corrected chi connectivity index (χ1v) is 5.45. The number of rotatable bonds is 6. The summed E-state index contributed by atoms with van der Waals surface area (Å²) in [7, 11) is 1.54. The number of nitrogens with two attached hydrogens (primary N) is 1. The zero-order valence-corrected chi connectivity index (χ0v) is 10.0. The van der Waals surface area contributed by atoms with E-state index in [1.807, 2.05) is 0 Å². The highest BCUT2D eigenvalue weighted by atomic mass is 19.4. The largest absolute Gasteiger partial charge is 0.493 e. The molecule has 0 aliphatic carbocycles. The van der Waals surface area contributed by atoms with Gasteiger partial charge >= 0.3 is 6.18 Å². The van der Waals surface area contributed by atoms with Gasteiger partial charge < -0.3 is 15.2 Å². The molecule has 2 N–H and O–H groups in total. The second kappa shape index (κ2) is 6.61. The monoisotopic (exact) mass is 263 g/mol. The topological polar surface area (TPSA) is 44.5 Å². The Morgan fingerprint density at radius 1 is 1.33 bits per heavy atom. The van der Waals surface area contributed by atoms with E-state index in [0.717, 1.165) is 5.56 Å². The summed E-state index contributed by atoms with van der Waals surface area (Å²) in [5.41, 5.74) is 5.92. The quantitative estimate of drug-likeness (QED) is 0.856. The smallest absolute Gasteiger partial charge is 0.396 e. The van der Waals surface area contributed by atoms with Gasteiger partial charge in [0.1, 0.15) is 18.3 Å². The Kier molecular flexibility index (Phi) is 5.43. The first kappa shape index (κ1) is 14.8. The summed E-state index contributed by atoms with van der Waals surface area (Å²) >= 11 is 0. The van der Waals surface area contributed by atoms with E-state index in [2.05, 4.69) is 0 Å². The molecule has 0 bridgehead atoms. The zero-order valence-electron chi connectivity index (χ0n) is 10.0. The highest BCUT2D eigenvalue weighted by molar-refractivity contribution is 5.28. The van der Waals surface area contributed by atoms with Gasteiger partial charge in [0.25, 0.3) is 0 Å². The average Bonchev–Trinajstić information content (AvgIpc) is 2.29. The standard InChI is InChI=1S/C12H16F3NO2/c1-17-7-9-3-2-4-11(5-9)18-8-10(6-16)12(13,14)15/h2-5,10H,6-8,16H2,1H3. The normalized spacial score (nSPS) is 13.4. The molecule has 6 heteroatoms. The van der Waals surface area contributed by atoms with Crippen LogP contribution in [0.3, 0.4) is 0 Å². The molecular formula is C12H16F3NO2. The van der Waals surface area contributed by atoms with Gasteiger partial charge in [-0.05, 0) is 17.7 Å². The SMILES string of the molecule is COCc1cccc(OCC(CN)C(F)(F)F)c1. The van der Waals surface area contributed by atoms with Crippen LogP contribution >= 0.6 is 0 Å². The average molecular weight is 263 g/mol. The molecule has 0 saturated heterocycles. The molecule has 18 heavy (non-hydrogen) atoms. The molecule has 0 amide bonds. The number of hydrogen-bond donors (Lipinski definition) is 1. The zero-order chi connectivity index (χ0) is 13.6. The fraction of sp³-hybridized carbons (Fsp3) is 0.500. The number of alkyl halides is 3. The summed E-state index contributed by atoms with van der Waals surface area (Å²) in [6.07, 6.45) is -4.33. The molecule has 0 fully saturated rings. The van der Waals surface area contributed by atoms with Crippen molar-refractivity contribution in [2.75, 3.05) is 20.3 Å². The minimum Gasteiger partial charge on any atom is -0.493 e. The maximum absolute atomic E-state index is 12.4. The van der Waals surface area contributed by atoms with Gasteiger partial charge in [-0.15, -0.1) is 0 Å². The third-order valence-electron chi connectivity index (χ3n) is 2.41. The Morgan fingerprint density at radius 2 is 2.06 bits per heavy atom. The maximum atomic E-state index is 12.4. The molecule has 1 aromatic rings. The van der Waals surface area contributed by atoms with Crippen molar-refractivity contribution in [2.24, 2.45) is 11.7 Å². The molecule has 0 heterocycles. The molecule has 1 aromatic carbocycles. The Morgan fingerprint density at radius 3 is 2.61 bits per heavy atom. The first-order chi connectivity index (χ1) is 8.47. The minimum atomic E-state index is -4.33. The molecule has 1 atom stereocenters. The van der Waals surface area contributed by atoms with E-state index < -0.39 is 25.2 Å². The third kappa shape index (κ3) is 4.54. The lowest BCUT2D eigenvalue weighted by Gasteiger charge is -2.19. The van der Waals surface area contributed by atoms with Crippen LogP contribution in [0.25, 0.3) is 0 Å². The van der Waals surface area contributed by atoms with Gasteiger partial charge in [-0.25, -0.2) is 0 Å². The van der Waals surface area contributed by atoms with Crippen molar-refractivity contribution >= 4 is 0 Å². The highest BCUT2D eigenvalue weighted by Crippen LogP contribution is 2.26. The molecule has 3 nitrogen and oxygen atoms in total. The van der Waals surface area contributed by atoms with E-state index in [-0.39, 0.29) is 0 Å². The van der Waals surface area contributed by atoms with Gasteiger partial charge in [0.05, 0.1) is 6.61 Å². The van der Waals surface area contributed by atoms with Crippen LogP contribution in [0.1, 0.15) is 5.56 Å². The number of ether oxygens (including phenoxy) is 2. The maximum Gasteiger partial charge on any atom is 0.396 e. The summed E-state index contributed by atoms with van der Waals surface area (Å²) < 4.78 is 47.4. The molecule has 1 rings (SSSR count). The fourth-order valence-electron chi connectivity index (χ4n) is 1.38. The van der Waals surface area contributed by atoms with Crippen molar-refractivity contribution < 1.29 is 22.6 Å². The molecule has 0 saturated carbocycles. The third-order valence-corrected chi connectivity index (χ3v) is 2.41. The van der Waals surface area contributed by atoms with Gasteiger partial charge in [-0.3, -0.25) is 0 Å². The number of methoxy groups -OCH3 is 1. The van der Waals surface area contributed by atoms with Gasteiger partial charge in [0, 0.05) is 13.7 Å². The summed E-state index contributed by atoms with van der Waals surface area (Å²) in [6, 6.07) is 6.76. The van der Waals surface area contributed by atoms with Crippen molar-refractivity contribution in [3.63, 3.8) is 0 Å². The van der Waals surface area contributed by atoms with Gasteiger partial charge in [-0.1, -0.05) is 12.1 Å². The Balaban J connectivity index is 2.59. The molecule has 0 aliphatic rings. The summed E-state index contributed by atoms with van der Waals surface area (Å²) in [4.78, 5) is 0.